The molecule has 0 aliphatic rings. The molecule has 0 saturated carbocycles. The third-order valence-corrected chi connectivity index (χ3v) is 5.45. The Bertz CT molecular complexity index is 588. The molecule has 1 aromatic carbocycles. The summed E-state index contributed by atoms with van der Waals surface area (Å²) in [6.07, 6.45) is -3.29. The van der Waals surface area contributed by atoms with Crippen LogP contribution in [0.5, 0.6) is 0 Å². The van der Waals surface area contributed by atoms with E-state index in [0.29, 0.717) is 0 Å². The SMILES string of the molecule is O=C(O)CCC(CP(=O)(O)C(O)C(O)c1ccccc1)C(=O)O. The van der Waals surface area contributed by atoms with Crippen molar-refractivity contribution in [3.8, 4) is 0 Å². The number of rotatable bonds is 9. The first-order valence-electron chi connectivity index (χ1n) is 6.82. The second-order valence-corrected chi connectivity index (χ2v) is 7.58. The van der Waals surface area contributed by atoms with Crippen molar-refractivity contribution < 1.29 is 39.5 Å². The van der Waals surface area contributed by atoms with Crippen LogP contribution in [0, 0.1) is 5.92 Å². The minimum absolute atomic E-state index is 0.215. The largest absolute Gasteiger partial charge is 0.481 e. The number of aliphatic hydroxyl groups excluding tert-OH is 2. The number of benzene rings is 1. The molecule has 0 heterocycles. The van der Waals surface area contributed by atoms with Gasteiger partial charge in [-0.2, -0.15) is 0 Å². The number of carboxylic acids is 2. The zero-order chi connectivity index (χ0) is 17.6. The van der Waals surface area contributed by atoms with Gasteiger partial charge < -0.3 is 25.3 Å². The van der Waals surface area contributed by atoms with E-state index in [1.807, 2.05) is 0 Å². The van der Waals surface area contributed by atoms with Gasteiger partial charge in [-0.1, -0.05) is 30.3 Å². The van der Waals surface area contributed by atoms with Gasteiger partial charge in [0.1, 0.15) is 6.10 Å². The van der Waals surface area contributed by atoms with Crippen molar-refractivity contribution in [2.75, 3.05) is 6.16 Å². The third kappa shape index (κ3) is 5.76. The van der Waals surface area contributed by atoms with E-state index in [2.05, 4.69) is 0 Å². The lowest BCUT2D eigenvalue weighted by Crippen LogP contribution is -2.26. The molecule has 0 radical (unpaired) electrons. The molecule has 0 amide bonds. The molecule has 0 aliphatic carbocycles. The van der Waals surface area contributed by atoms with Gasteiger partial charge in [0, 0.05) is 12.6 Å². The fourth-order valence-corrected chi connectivity index (χ4v) is 3.86. The average molecular weight is 346 g/mol. The summed E-state index contributed by atoms with van der Waals surface area (Å²) >= 11 is 0. The summed E-state index contributed by atoms with van der Waals surface area (Å²) in [6, 6.07) is 7.70. The predicted octanol–water partition coefficient (Wildman–Crippen LogP) is 0.874. The molecule has 0 aliphatic heterocycles. The van der Waals surface area contributed by atoms with Crippen LogP contribution in [0.25, 0.3) is 0 Å². The zero-order valence-corrected chi connectivity index (χ0v) is 13.0. The van der Waals surface area contributed by atoms with Crippen molar-refractivity contribution in [1.29, 1.82) is 0 Å². The number of carboxylic acid groups (broad SMARTS) is 2. The van der Waals surface area contributed by atoms with Crippen LogP contribution in [0.1, 0.15) is 24.5 Å². The molecular weight excluding hydrogens is 327 g/mol. The fraction of sp³-hybridized carbons (Fsp3) is 0.429. The van der Waals surface area contributed by atoms with Gasteiger partial charge in [-0.3, -0.25) is 14.2 Å². The predicted molar refractivity (Wildman–Crippen MR) is 80.1 cm³/mol. The maximum absolute atomic E-state index is 12.2. The van der Waals surface area contributed by atoms with Gasteiger partial charge in [0.25, 0.3) is 0 Å². The standard InChI is InChI=1S/C14H19O8P/c15-11(16)7-6-10(13(18)19)8-23(21,22)14(20)12(17)9-4-2-1-3-5-9/h1-5,10,12,14,17,20H,6-8H2,(H,15,16)(H,18,19)(H,21,22). The van der Waals surface area contributed by atoms with Crippen LogP contribution in [-0.4, -0.2) is 49.3 Å². The summed E-state index contributed by atoms with van der Waals surface area (Å²) in [6.45, 7) is 0. The molecular formula is C14H19O8P. The van der Waals surface area contributed by atoms with Crippen molar-refractivity contribution in [3.05, 3.63) is 35.9 Å². The summed E-state index contributed by atoms with van der Waals surface area (Å²) in [4.78, 5) is 31.5. The molecule has 0 fully saturated rings. The van der Waals surface area contributed by atoms with E-state index in [1.54, 1.807) is 18.2 Å². The molecule has 0 spiro atoms. The topological polar surface area (TPSA) is 152 Å². The van der Waals surface area contributed by atoms with Crippen LogP contribution in [0.15, 0.2) is 30.3 Å². The minimum Gasteiger partial charge on any atom is -0.481 e. The third-order valence-electron chi connectivity index (χ3n) is 3.37. The fourth-order valence-electron chi connectivity index (χ4n) is 2.06. The second-order valence-electron chi connectivity index (χ2n) is 5.17. The first kappa shape index (κ1) is 19.3. The highest BCUT2D eigenvalue weighted by atomic mass is 31.2. The molecule has 23 heavy (non-hydrogen) atoms. The highest BCUT2D eigenvalue weighted by Crippen LogP contribution is 2.51. The quantitative estimate of drug-likeness (QED) is 0.413. The van der Waals surface area contributed by atoms with Gasteiger partial charge in [0.2, 0.25) is 7.37 Å². The number of hydrogen-bond donors (Lipinski definition) is 5. The Morgan fingerprint density at radius 2 is 1.65 bits per heavy atom. The van der Waals surface area contributed by atoms with Crippen molar-refractivity contribution >= 4 is 19.3 Å². The molecule has 8 nitrogen and oxygen atoms in total. The van der Waals surface area contributed by atoms with Crippen molar-refractivity contribution in [2.24, 2.45) is 5.92 Å². The summed E-state index contributed by atoms with van der Waals surface area (Å²) in [5.41, 5.74) is 0.215. The maximum atomic E-state index is 12.2. The van der Waals surface area contributed by atoms with Gasteiger partial charge >= 0.3 is 11.9 Å². The Morgan fingerprint density at radius 3 is 2.13 bits per heavy atom. The van der Waals surface area contributed by atoms with E-state index in [9.17, 15) is 29.3 Å². The van der Waals surface area contributed by atoms with Crippen LogP contribution in [0.4, 0.5) is 0 Å². The van der Waals surface area contributed by atoms with Gasteiger partial charge in [-0.05, 0) is 12.0 Å². The molecule has 0 bridgehead atoms. The van der Waals surface area contributed by atoms with Crippen LogP contribution in [0.2, 0.25) is 0 Å². The van der Waals surface area contributed by atoms with Crippen molar-refractivity contribution in [3.63, 3.8) is 0 Å². The Balaban J connectivity index is 2.84. The summed E-state index contributed by atoms with van der Waals surface area (Å²) in [5.74, 6) is -6.12. The van der Waals surface area contributed by atoms with Crippen LogP contribution < -0.4 is 0 Å². The van der Waals surface area contributed by atoms with E-state index in [4.69, 9.17) is 10.2 Å². The summed E-state index contributed by atoms with van der Waals surface area (Å²) in [5, 5.41) is 37.5. The van der Waals surface area contributed by atoms with Crippen molar-refractivity contribution in [2.45, 2.75) is 24.8 Å². The van der Waals surface area contributed by atoms with Gasteiger partial charge in [0.05, 0.1) is 5.92 Å². The lowest BCUT2D eigenvalue weighted by atomic mass is 10.1. The first-order chi connectivity index (χ1) is 10.6. The minimum atomic E-state index is -4.44. The normalized spacial score (nSPS) is 17.7. The van der Waals surface area contributed by atoms with E-state index < -0.39 is 49.8 Å². The smallest absolute Gasteiger partial charge is 0.307 e. The van der Waals surface area contributed by atoms with Crippen LogP contribution in [-0.2, 0) is 14.2 Å². The average Bonchev–Trinajstić information content (AvgIpc) is 2.50. The highest BCUT2D eigenvalue weighted by molar-refractivity contribution is 7.58. The summed E-state index contributed by atoms with van der Waals surface area (Å²) < 4.78 is 12.2. The van der Waals surface area contributed by atoms with Gasteiger partial charge in [-0.25, -0.2) is 0 Å². The number of hydrogen-bond acceptors (Lipinski definition) is 5. The molecule has 5 N–H and O–H groups in total. The lowest BCUT2D eigenvalue weighted by Gasteiger charge is -2.25. The van der Waals surface area contributed by atoms with E-state index >= 15 is 0 Å². The molecule has 1 rings (SSSR count). The number of aliphatic carboxylic acids is 2. The molecule has 9 heteroatoms. The Kier molecular flexibility index (Phi) is 6.90. The monoisotopic (exact) mass is 346 g/mol. The molecule has 128 valence electrons. The van der Waals surface area contributed by atoms with E-state index in [1.165, 1.54) is 12.1 Å². The summed E-state index contributed by atoms with van der Waals surface area (Å²) in [7, 11) is -4.44. The lowest BCUT2D eigenvalue weighted by molar-refractivity contribution is -0.142. The molecule has 4 unspecified atom stereocenters. The van der Waals surface area contributed by atoms with Gasteiger partial charge in [0.15, 0.2) is 5.85 Å². The first-order valence-corrected chi connectivity index (χ1v) is 8.73. The molecule has 1 aromatic rings. The van der Waals surface area contributed by atoms with Crippen LogP contribution >= 0.6 is 7.37 Å². The van der Waals surface area contributed by atoms with Gasteiger partial charge in [-0.15, -0.1) is 0 Å². The molecule has 0 saturated heterocycles. The Labute approximate surface area is 132 Å². The Morgan fingerprint density at radius 1 is 1.09 bits per heavy atom. The maximum Gasteiger partial charge on any atom is 0.307 e. The number of carbonyl (C=O) groups is 2. The number of aliphatic hydroxyl groups is 2. The zero-order valence-electron chi connectivity index (χ0n) is 12.1. The highest BCUT2D eigenvalue weighted by Gasteiger charge is 2.39. The molecule has 0 aromatic heterocycles. The van der Waals surface area contributed by atoms with Crippen molar-refractivity contribution in [1.82, 2.24) is 0 Å². The Hall–Kier alpha value is -1.73. The van der Waals surface area contributed by atoms with Crippen LogP contribution in [0.3, 0.4) is 0 Å². The van der Waals surface area contributed by atoms with E-state index in [0.717, 1.165) is 0 Å². The van der Waals surface area contributed by atoms with E-state index in [-0.39, 0.29) is 12.0 Å². The molecule has 4 atom stereocenters. The second kappa shape index (κ2) is 8.21.